The van der Waals surface area contributed by atoms with Gasteiger partial charge in [-0.15, -0.1) is 0 Å². The molecule has 10 aromatic rings. The Hall–Kier alpha value is -7.42. The quantitative estimate of drug-likeness (QED) is 0.152. The van der Waals surface area contributed by atoms with Crippen LogP contribution in [0.4, 0.5) is 17.1 Å². The predicted molar refractivity (Wildman–Crippen MR) is 237 cm³/mol. The van der Waals surface area contributed by atoms with Crippen molar-refractivity contribution in [3.63, 3.8) is 0 Å². The normalized spacial score (nSPS) is 12.5. The fraction of sp³-hybridized carbons (Fsp3) is 0. The molecule has 0 amide bonds. The lowest BCUT2D eigenvalue weighted by atomic mass is 9.98. The zero-order valence-electron chi connectivity index (χ0n) is 35.4. The predicted octanol–water partition coefficient (Wildman–Crippen LogP) is 14.9. The van der Waals surface area contributed by atoms with Crippen LogP contribution in [0.15, 0.2) is 230 Å². The van der Waals surface area contributed by atoms with Crippen LogP contribution >= 0.6 is 0 Å². The summed E-state index contributed by atoms with van der Waals surface area (Å²) in [6.45, 7) is 0. The molecular weight excluding hydrogens is 677 g/mol. The van der Waals surface area contributed by atoms with Crippen LogP contribution in [0.5, 0.6) is 0 Å². The van der Waals surface area contributed by atoms with E-state index < -0.39 is 6.04 Å². The standard InChI is InChI=1S/C54H38N2/c1-3-13-39(14-4-1)42-27-33-46(34-28-42)55(47-35-29-43(30-36-47)40-15-5-2-6-16-40)48-37-31-44(32-38-48)41-23-25-45(26-24-41)49-17-7-10-20-52(49)56-53-21-11-8-18-50(53)51-19-9-12-22-54(51)56/h1-38H/i1D,3D,4D,13D,14D. The molecule has 0 saturated heterocycles. The maximum Gasteiger partial charge on any atom is 0.0629 e. The van der Waals surface area contributed by atoms with Crippen LogP contribution in [0, 0.1) is 0 Å². The maximum atomic E-state index is 8.53. The minimum atomic E-state index is -0.402. The van der Waals surface area contributed by atoms with Crippen molar-refractivity contribution >= 4 is 38.9 Å². The Bertz CT molecular complexity index is 3130. The monoisotopic (exact) mass is 719 g/mol. The van der Waals surface area contributed by atoms with Gasteiger partial charge in [-0.25, -0.2) is 0 Å². The lowest BCUT2D eigenvalue weighted by molar-refractivity contribution is 1.18. The van der Waals surface area contributed by atoms with Crippen molar-refractivity contribution in [2.24, 2.45) is 0 Å². The molecule has 0 fully saturated rings. The summed E-state index contributed by atoms with van der Waals surface area (Å²) in [5, 5.41) is 2.47. The van der Waals surface area contributed by atoms with Gasteiger partial charge in [0.15, 0.2) is 0 Å². The summed E-state index contributed by atoms with van der Waals surface area (Å²) in [7, 11) is 0. The van der Waals surface area contributed by atoms with Gasteiger partial charge in [0, 0.05) is 33.4 Å². The van der Waals surface area contributed by atoms with Gasteiger partial charge in [-0.3, -0.25) is 0 Å². The van der Waals surface area contributed by atoms with E-state index >= 15 is 0 Å². The highest BCUT2D eigenvalue weighted by Gasteiger charge is 2.16. The molecule has 0 aliphatic rings. The van der Waals surface area contributed by atoms with E-state index in [-0.39, 0.29) is 29.7 Å². The topological polar surface area (TPSA) is 8.17 Å². The van der Waals surface area contributed by atoms with Crippen molar-refractivity contribution in [2.45, 2.75) is 0 Å². The average molecular weight is 720 g/mol. The number of benzene rings is 9. The van der Waals surface area contributed by atoms with Crippen molar-refractivity contribution in [1.82, 2.24) is 4.57 Å². The van der Waals surface area contributed by atoms with Crippen LogP contribution in [0.1, 0.15) is 6.85 Å². The Morgan fingerprint density at radius 2 is 0.714 bits per heavy atom. The lowest BCUT2D eigenvalue weighted by Gasteiger charge is -2.26. The van der Waals surface area contributed by atoms with Crippen LogP contribution in [-0.2, 0) is 0 Å². The summed E-state index contributed by atoms with van der Waals surface area (Å²) >= 11 is 0. The summed E-state index contributed by atoms with van der Waals surface area (Å²) < 4.78 is 43.9. The zero-order valence-corrected chi connectivity index (χ0v) is 30.4. The molecule has 10 rings (SSSR count). The van der Waals surface area contributed by atoms with E-state index in [1.807, 2.05) is 42.5 Å². The van der Waals surface area contributed by atoms with Gasteiger partial charge in [-0.2, -0.15) is 0 Å². The molecular formula is C54H38N2. The van der Waals surface area contributed by atoms with Crippen molar-refractivity contribution in [3.05, 3.63) is 230 Å². The van der Waals surface area contributed by atoms with Gasteiger partial charge in [-0.05, 0) is 93.5 Å². The van der Waals surface area contributed by atoms with Gasteiger partial charge in [0.1, 0.15) is 0 Å². The third-order valence-corrected chi connectivity index (χ3v) is 10.5. The van der Waals surface area contributed by atoms with Crippen LogP contribution in [0.2, 0.25) is 0 Å². The number of fused-ring (bicyclic) bond motifs is 3. The Morgan fingerprint density at radius 3 is 1.25 bits per heavy atom. The molecule has 0 aliphatic carbocycles. The van der Waals surface area contributed by atoms with Crippen LogP contribution < -0.4 is 4.90 Å². The third-order valence-electron chi connectivity index (χ3n) is 10.5. The first-order valence-corrected chi connectivity index (χ1v) is 18.8. The van der Waals surface area contributed by atoms with Crippen molar-refractivity contribution < 1.29 is 6.85 Å². The Kier molecular flexibility index (Phi) is 7.24. The highest BCUT2D eigenvalue weighted by Crippen LogP contribution is 2.39. The molecule has 0 aliphatic heterocycles. The number of anilines is 3. The van der Waals surface area contributed by atoms with Gasteiger partial charge in [0.25, 0.3) is 0 Å². The van der Waals surface area contributed by atoms with Gasteiger partial charge in [0.2, 0.25) is 0 Å². The molecule has 0 bridgehead atoms. The fourth-order valence-corrected chi connectivity index (χ4v) is 7.79. The first-order chi connectivity index (χ1) is 29.9. The van der Waals surface area contributed by atoms with E-state index in [9.17, 15) is 0 Å². The van der Waals surface area contributed by atoms with Gasteiger partial charge in [-0.1, -0.05) is 176 Å². The molecule has 2 nitrogen and oxygen atoms in total. The average Bonchev–Trinajstić information content (AvgIpc) is 3.66. The number of rotatable bonds is 8. The lowest BCUT2D eigenvalue weighted by Crippen LogP contribution is -2.09. The minimum absolute atomic E-state index is 0.182. The first kappa shape index (κ1) is 28.1. The molecule has 9 aromatic carbocycles. The van der Waals surface area contributed by atoms with Gasteiger partial charge < -0.3 is 9.47 Å². The molecule has 0 unspecified atom stereocenters. The Balaban J connectivity index is 0.991. The van der Waals surface area contributed by atoms with Gasteiger partial charge in [0.05, 0.1) is 23.6 Å². The van der Waals surface area contributed by atoms with E-state index in [0.29, 0.717) is 5.56 Å². The van der Waals surface area contributed by atoms with Crippen LogP contribution in [0.25, 0.3) is 72.0 Å². The minimum Gasteiger partial charge on any atom is -0.311 e. The molecule has 264 valence electrons. The molecule has 0 saturated carbocycles. The third kappa shape index (κ3) is 6.14. The summed E-state index contributed by atoms with van der Waals surface area (Å²) in [6, 6.07) is 67.8. The summed E-state index contributed by atoms with van der Waals surface area (Å²) in [5.74, 6) is 0. The fourth-order valence-electron chi connectivity index (χ4n) is 7.79. The second-order valence-corrected chi connectivity index (χ2v) is 13.8. The maximum absolute atomic E-state index is 8.53. The highest BCUT2D eigenvalue weighted by atomic mass is 15.1. The van der Waals surface area contributed by atoms with Crippen molar-refractivity contribution in [2.75, 3.05) is 4.90 Å². The molecule has 1 heterocycles. The summed E-state index contributed by atoms with van der Waals surface area (Å²) in [5.41, 5.74) is 13.7. The number of nitrogens with zero attached hydrogens (tertiary/aromatic N) is 2. The van der Waals surface area contributed by atoms with E-state index in [1.165, 1.54) is 21.8 Å². The molecule has 0 spiro atoms. The molecule has 0 atom stereocenters. The van der Waals surface area contributed by atoms with Crippen LogP contribution in [-0.4, -0.2) is 4.57 Å². The number of hydrogen-bond acceptors (Lipinski definition) is 1. The second kappa shape index (κ2) is 14.4. The number of hydrogen-bond donors (Lipinski definition) is 0. The zero-order chi connectivity index (χ0) is 41.6. The first-order valence-electron chi connectivity index (χ1n) is 21.3. The SMILES string of the molecule is [2H]c1c([2H])c([2H])c(-c2ccc(N(c3ccc(-c4ccccc4)cc3)c3ccc(-c4ccc(-c5ccccc5-n5c6ccccc6c6ccccc65)cc4)cc3)cc2)c([2H])c1[2H]. The number of para-hydroxylation sites is 3. The molecule has 0 N–H and O–H groups in total. The largest absolute Gasteiger partial charge is 0.311 e. The van der Waals surface area contributed by atoms with E-state index in [1.54, 1.807) is 0 Å². The summed E-state index contributed by atoms with van der Waals surface area (Å²) in [4.78, 5) is 2.17. The summed E-state index contributed by atoms with van der Waals surface area (Å²) in [6.07, 6.45) is 0. The van der Waals surface area contributed by atoms with E-state index in [4.69, 9.17) is 6.85 Å². The molecule has 56 heavy (non-hydrogen) atoms. The smallest absolute Gasteiger partial charge is 0.0629 e. The number of aromatic nitrogens is 1. The van der Waals surface area contributed by atoms with Crippen LogP contribution in [0.3, 0.4) is 0 Å². The Labute approximate surface area is 334 Å². The molecule has 1 aromatic heterocycles. The van der Waals surface area contributed by atoms with Gasteiger partial charge >= 0.3 is 0 Å². The molecule has 2 heteroatoms. The van der Waals surface area contributed by atoms with Crippen molar-refractivity contribution in [1.29, 1.82) is 0 Å². The molecule has 0 radical (unpaired) electrons. The van der Waals surface area contributed by atoms with Crippen molar-refractivity contribution in [3.8, 4) is 50.2 Å². The van der Waals surface area contributed by atoms with E-state index in [0.717, 1.165) is 56.1 Å². The Morgan fingerprint density at radius 1 is 0.321 bits per heavy atom. The second-order valence-electron chi connectivity index (χ2n) is 13.8. The van der Waals surface area contributed by atoms with E-state index in [2.05, 4.69) is 167 Å². The highest BCUT2D eigenvalue weighted by molar-refractivity contribution is 6.09.